The lowest BCUT2D eigenvalue weighted by molar-refractivity contribution is -0.120. The summed E-state index contributed by atoms with van der Waals surface area (Å²) in [5, 5.41) is 5.54. The lowest BCUT2D eigenvalue weighted by Crippen LogP contribution is -2.43. The van der Waals surface area contributed by atoms with E-state index in [9.17, 15) is 19.2 Å². The molecule has 1 atom stereocenters. The number of benzene rings is 2. The van der Waals surface area contributed by atoms with Crippen molar-refractivity contribution >= 4 is 40.9 Å². The summed E-state index contributed by atoms with van der Waals surface area (Å²) in [5.41, 5.74) is 2.12. The van der Waals surface area contributed by atoms with Crippen molar-refractivity contribution in [1.82, 2.24) is 4.90 Å². The van der Waals surface area contributed by atoms with Gasteiger partial charge in [0.15, 0.2) is 0 Å². The molecule has 2 heterocycles. The maximum absolute atomic E-state index is 13.0. The first-order chi connectivity index (χ1) is 15.0. The summed E-state index contributed by atoms with van der Waals surface area (Å²) in [4.78, 5) is 52.2. The third-order valence-electron chi connectivity index (χ3n) is 5.38. The molecular weight excluding hydrogens is 400 g/mol. The number of carbonyl (C=O) groups is 4. The molecule has 9 heteroatoms. The summed E-state index contributed by atoms with van der Waals surface area (Å²) in [6.07, 6.45) is 0.767. The Bertz CT molecular complexity index is 1040. The van der Waals surface area contributed by atoms with Gasteiger partial charge in [-0.1, -0.05) is 12.1 Å². The molecule has 4 rings (SSSR count). The molecule has 0 spiro atoms. The second-order valence-corrected chi connectivity index (χ2v) is 7.34. The van der Waals surface area contributed by atoms with Crippen LogP contribution in [0.25, 0.3) is 0 Å². The second kappa shape index (κ2) is 8.47. The predicted octanol–water partition coefficient (Wildman–Crippen LogP) is 2.45. The largest absolute Gasteiger partial charge is 0.453 e. The van der Waals surface area contributed by atoms with Crippen molar-refractivity contribution in [3.63, 3.8) is 0 Å². The number of methoxy groups -OCH3 is 1. The number of hydrogen-bond donors (Lipinski definition) is 2. The smallest absolute Gasteiger partial charge is 0.410 e. The Morgan fingerprint density at radius 3 is 2.58 bits per heavy atom. The van der Waals surface area contributed by atoms with E-state index in [4.69, 9.17) is 4.74 Å². The quantitative estimate of drug-likeness (QED) is 0.790. The van der Waals surface area contributed by atoms with Gasteiger partial charge in [0.1, 0.15) is 12.6 Å². The Labute approximate surface area is 179 Å². The van der Waals surface area contributed by atoms with Crippen LogP contribution >= 0.6 is 0 Å². The van der Waals surface area contributed by atoms with Crippen molar-refractivity contribution in [3.8, 4) is 0 Å². The van der Waals surface area contributed by atoms with Gasteiger partial charge in [0.05, 0.1) is 18.5 Å². The number of rotatable bonds is 3. The molecular formula is C22H22N4O5. The normalized spacial score (nSPS) is 17.6. The maximum Gasteiger partial charge on any atom is 0.410 e. The monoisotopic (exact) mass is 422 g/mol. The summed E-state index contributed by atoms with van der Waals surface area (Å²) < 4.78 is 4.73. The first-order valence-electron chi connectivity index (χ1n) is 9.94. The number of amides is 4. The molecule has 31 heavy (non-hydrogen) atoms. The van der Waals surface area contributed by atoms with Crippen LogP contribution in [0.5, 0.6) is 0 Å². The van der Waals surface area contributed by atoms with Gasteiger partial charge >= 0.3 is 6.09 Å². The molecule has 1 unspecified atom stereocenters. The van der Waals surface area contributed by atoms with E-state index >= 15 is 0 Å². The Hall–Kier alpha value is -3.88. The van der Waals surface area contributed by atoms with Crippen LogP contribution in [0.15, 0.2) is 48.5 Å². The van der Waals surface area contributed by atoms with E-state index in [0.29, 0.717) is 35.6 Å². The average Bonchev–Trinajstić information content (AvgIpc) is 3.28. The van der Waals surface area contributed by atoms with Crippen LogP contribution in [0, 0.1) is 0 Å². The molecule has 2 N–H and O–H groups in total. The van der Waals surface area contributed by atoms with Gasteiger partial charge in [-0.15, -0.1) is 0 Å². The minimum absolute atomic E-state index is 0.0701. The van der Waals surface area contributed by atoms with Crippen LogP contribution in [0.2, 0.25) is 0 Å². The molecule has 160 valence electrons. The summed E-state index contributed by atoms with van der Waals surface area (Å²) in [5.74, 6) is -0.876. The fourth-order valence-electron chi connectivity index (χ4n) is 3.87. The number of hydrogen-bond acceptors (Lipinski definition) is 5. The number of carbonyl (C=O) groups excluding carboxylic acids is 4. The summed E-state index contributed by atoms with van der Waals surface area (Å²) in [6, 6.07) is 13.0. The Morgan fingerprint density at radius 2 is 1.84 bits per heavy atom. The zero-order valence-corrected chi connectivity index (χ0v) is 17.0. The van der Waals surface area contributed by atoms with Crippen LogP contribution in [0.1, 0.15) is 23.2 Å². The Balaban J connectivity index is 1.46. The van der Waals surface area contributed by atoms with E-state index in [0.717, 1.165) is 6.42 Å². The molecule has 0 saturated carbocycles. The molecule has 2 aromatic carbocycles. The lowest BCUT2D eigenvalue weighted by Gasteiger charge is -2.29. The van der Waals surface area contributed by atoms with Crippen molar-refractivity contribution in [3.05, 3.63) is 54.1 Å². The number of nitrogens with one attached hydrogen (secondary N) is 2. The predicted molar refractivity (Wildman–Crippen MR) is 114 cm³/mol. The number of anilines is 3. The highest BCUT2D eigenvalue weighted by molar-refractivity contribution is 6.15. The van der Waals surface area contributed by atoms with Crippen LogP contribution in [-0.4, -0.2) is 55.0 Å². The molecule has 1 saturated heterocycles. The van der Waals surface area contributed by atoms with E-state index in [1.54, 1.807) is 48.5 Å². The SMILES string of the molecule is COC(=O)N1CCCC1C(=O)Nc1ccc(C(=O)N2CC(=O)Nc3ccccc32)cc1. The highest BCUT2D eigenvalue weighted by Gasteiger charge is 2.35. The molecule has 1 fully saturated rings. The zero-order valence-electron chi connectivity index (χ0n) is 17.0. The standard InChI is InChI=1S/C22H22N4O5/c1-31-22(30)25-12-4-7-18(25)20(28)23-15-10-8-14(9-11-15)21(29)26-13-19(27)24-16-5-2-3-6-17(16)26/h2-3,5-6,8-11,18H,4,7,12-13H2,1H3,(H,23,28)(H,24,27). The van der Waals surface area contributed by atoms with Crippen molar-refractivity contribution in [2.24, 2.45) is 0 Å². The summed E-state index contributed by atoms with van der Waals surface area (Å²) in [6.45, 7) is 0.405. The van der Waals surface area contributed by atoms with Gasteiger partial charge in [0.2, 0.25) is 11.8 Å². The molecule has 9 nitrogen and oxygen atoms in total. The van der Waals surface area contributed by atoms with Crippen molar-refractivity contribution in [2.75, 3.05) is 35.7 Å². The van der Waals surface area contributed by atoms with Crippen molar-refractivity contribution in [2.45, 2.75) is 18.9 Å². The van der Waals surface area contributed by atoms with Crippen LogP contribution in [-0.2, 0) is 14.3 Å². The molecule has 0 bridgehead atoms. The molecule has 0 aromatic heterocycles. The molecule has 2 aromatic rings. The van der Waals surface area contributed by atoms with Crippen LogP contribution in [0.4, 0.5) is 21.9 Å². The Kier molecular flexibility index (Phi) is 5.57. The van der Waals surface area contributed by atoms with Gasteiger partial charge in [-0.25, -0.2) is 4.79 Å². The maximum atomic E-state index is 13.0. The number of fused-ring (bicyclic) bond motifs is 1. The second-order valence-electron chi connectivity index (χ2n) is 7.34. The van der Waals surface area contributed by atoms with E-state index in [-0.39, 0.29) is 24.3 Å². The van der Waals surface area contributed by atoms with Gasteiger partial charge in [-0.3, -0.25) is 24.2 Å². The van der Waals surface area contributed by atoms with Crippen LogP contribution in [0.3, 0.4) is 0 Å². The first kappa shape index (κ1) is 20.4. The van der Waals surface area contributed by atoms with E-state index in [1.807, 2.05) is 0 Å². The lowest BCUT2D eigenvalue weighted by atomic mass is 10.1. The summed E-state index contributed by atoms with van der Waals surface area (Å²) >= 11 is 0. The van der Waals surface area contributed by atoms with Gasteiger partial charge in [-0.2, -0.15) is 0 Å². The molecule has 0 aliphatic carbocycles. The number of likely N-dealkylation sites (tertiary alicyclic amines) is 1. The fraction of sp³-hybridized carbons (Fsp3) is 0.273. The number of nitrogens with zero attached hydrogens (tertiary/aromatic N) is 2. The van der Waals surface area contributed by atoms with Gasteiger partial charge < -0.3 is 15.4 Å². The highest BCUT2D eigenvalue weighted by Crippen LogP contribution is 2.30. The topological polar surface area (TPSA) is 108 Å². The Morgan fingerprint density at radius 1 is 1.10 bits per heavy atom. The highest BCUT2D eigenvalue weighted by atomic mass is 16.5. The van der Waals surface area contributed by atoms with E-state index in [2.05, 4.69) is 10.6 Å². The molecule has 4 amide bonds. The van der Waals surface area contributed by atoms with Gasteiger partial charge in [0.25, 0.3) is 5.91 Å². The molecule has 2 aliphatic rings. The minimum Gasteiger partial charge on any atom is -0.453 e. The van der Waals surface area contributed by atoms with Crippen molar-refractivity contribution in [1.29, 1.82) is 0 Å². The average molecular weight is 422 g/mol. The summed E-state index contributed by atoms with van der Waals surface area (Å²) in [7, 11) is 1.29. The molecule has 2 aliphatic heterocycles. The zero-order chi connectivity index (χ0) is 22.0. The fourth-order valence-corrected chi connectivity index (χ4v) is 3.87. The number of para-hydroxylation sites is 2. The van der Waals surface area contributed by atoms with Crippen LogP contribution < -0.4 is 15.5 Å². The van der Waals surface area contributed by atoms with Gasteiger partial charge in [-0.05, 0) is 49.2 Å². The van der Waals surface area contributed by atoms with Gasteiger partial charge in [0, 0.05) is 17.8 Å². The molecule has 0 radical (unpaired) electrons. The first-order valence-corrected chi connectivity index (χ1v) is 9.94. The van der Waals surface area contributed by atoms with Crippen molar-refractivity contribution < 1.29 is 23.9 Å². The van der Waals surface area contributed by atoms with E-state index in [1.165, 1.54) is 16.9 Å². The minimum atomic E-state index is -0.586. The third kappa shape index (κ3) is 4.07. The van der Waals surface area contributed by atoms with E-state index < -0.39 is 12.1 Å². The number of ether oxygens (including phenoxy) is 1. The third-order valence-corrected chi connectivity index (χ3v) is 5.38.